The molecule has 2 aliphatic rings. The Morgan fingerprint density at radius 3 is 2.39 bits per heavy atom. The summed E-state index contributed by atoms with van der Waals surface area (Å²) in [5, 5.41) is 3.81. The molecule has 1 atom stereocenters. The van der Waals surface area contributed by atoms with Crippen molar-refractivity contribution in [3.63, 3.8) is 0 Å². The van der Waals surface area contributed by atoms with Crippen molar-refractivity contribution in [1.82, 2.24) is 10.2 Å². The van der Waals surface area contributed by atoms with Crippen LogP contribution >= 0.6 is 0 Å². The molecule has 150 valence electrons. The Hall–Kier alpha value is -2.04. The van der Waals surface area contributed by atoms with Crippen LogP contribution in [0.1, 0.15) is 30.7 Å². The topological polar surface area (TPSA) is 27.7 Å². The molecular formula is C24H33N3O. The molecule has 1 N–H and O–H groups in total. The van der Waals surface area contributed by atoms with E-state index in [9.17, 15) is 0 Å². The third kappa shape index (κ3) is 4.86. The first-order valence-electron chi connectivity index (χ1n) is 10.7. The zero-order chi connectivity index (χ0) is 19.2. The number of piperidine rings is 1. The third-order valence-electron chi connectivity index (χ3n) is 6.34. The van der Waals surface area contributed by atoms with Crippen molar-refractivity contribution < 1.29 is 4.74 Å². The summed E-state index contributed by atoms with van der Waals surface area (Å²) in [7, 11) is 1.72. The first kappa shape index (κ1) is 19.3. The smallest absolute Gasteiger partial charge is 0.119 e. The first-order chi connectivity index (χ1) is 13.8. The highest BCUT2D eigenvalue weighted by Gasteiger charge is 2.24. The largest absolute Gasteiger partial charge is 0.497 e. The van der Waals surface area contributed by atoms with Crippen molar-refractivity contribution >= 4 is 5.69 Å². The van der Waals surface area contributed by atoms with Gasteiger partial charge < -0.3 is 19.9 Å². The fourth-order valence-corrected chi connectivity index (χ4v) is 4.59. The summed E-state index contributed by atoms with van der Waals surface area (Å²) >= 11 is 0. The Morgan fingerprint density at radius 2 is 1.68 bits per heavy atom. The Kier molecular flexibility index (Phi) is 6.50. The third-order valence-corrected chi connectivity index (χ3v) is 6.34. The molecule has 4 heteroatoms. The molecule has 4 nitrogen and oxygen atoms in total. The lowest BCUT2D eigenvalue weighted by atomic mass is 9.99. The first-order valence-corrected chi connectivity index (χ1v) is 10.7. The maximum atomic E-state index is 5.26. The van der Waals surface area contributed by atoms with E-state index in [-0.39, 0.29) is 0 Å². The van der Waals surface area contributed by atoms with Crippen molar-refractivity contribution in [2.24, 2.45) is 0 Å². The number of methoxy groups -OCH3 is 1. The number of benzene rings is 2. The van der Waals surface area contributed by atoms with E-state index in [0.29, 0.717) is 12.0 Å². The van der Waals surface area contributed by atoms with Gasteiger partial charge in [-0.2, -0.15) is 0 Å². The van der Waals surface area contributed by atoms with Gasteiger partial charge in [0, 0.05) is 44.5 Å². The van der Waals surface area contributed by atoms with Crippen molar-refractivity contribution in [1.29, 1.82) is 0 Å². The van der Waals surface area contributed by atoms with Gasteiger partial charge in [-0.1, -0.05) is 30.3 Å². The number of nitrogens with one attached hydrogen (secondary N) is 1. The van der Waals surface area contributed by atoms with Crippen molar-refractivity contribution in [2.75, 3.05) is 51.3 Å². The molecule has 0 radical (unpaired) electrons. The van der Waals surface area contributed by atoms with Crippen LogP contribution in [0, 0.1) is 0 Å². The van der Waals surface area contributed by atoms with E-state index in [1.54, 1.807) is 7.11 Å². The lowest BCUT2D eigenvalue weighted by molar-refractivity contribution is 0.313. The van der Waals surface area contributed by atoms with Crippen LogP contribution in [-0.4, -0.2) is 57.3 Å². The summed E-state index contributed by atoms with van der Waals surface area (Å²) in [6.07, 6.45) is 3.74. The van der Waals surface area contributed by atoms with Gasteiger partial charge in [-0.3, -0.25) is 0 Å². The maximum absolute atomic E-state index is 5.26. The number of nitrogens with zero attached hydrogens (tertiary/aromatic N) is 2. The Labute approximate surface area is 169 Å². The second-order valence-electron chi connectivity index (χ2n) is 8.11. The average Bonchev–Trinajstić information content (AvgIpc) is 3.24. The van der Waals surface area contributed by atoms with E-state index in [2.05, 4.69) is 69.7 Å². The zero-order valence-electron chi connectivity index (χ0n) is 17.0. The minimum atomic E-state index is 0.655. The molecular weight excluding hydrogens is 346 g/mol. The fraction of sp³-hybridized carbons (Fsp3) is 0.500. The number of likely N-dealkylation sites (tertiary alicyclic amines) is 1. The maximum Gasteiger partial charge on any atom is 0.119 e. The summed E-state index contributed by atoms with van der Waals surface area (Å²) < 4.78 is 5.26. The van der Waals surface area contributed by atoms with Crippen LogP contribution in [0.4, 0.5) is 5.69 Å². The van der Waals surface area contributed by atoms with E-state index in [0.717, 1.165) is 25.4 Å². The number of ether oxygens (including phenoxy) is 1. The summed E-state index contributed by atoms with van der Waals surface area (Å²) in [5.41, 5.74) is 2.81. The molecule has 2 fully saturated rings. The number of hydrogen-bond acceptors (Lipinski definition) is 4. The molecule has 2 saturated heterocycles. The van der Waals surface area contributed by atoms with E-state index in [1.165, 1.54) is 50.1 Å². The molecule has 0 aliphatic carbocycles. The van der Waals surface area contributed by atoms with Crippen molar-refractivity contribution in [3.8, 4) is 5.75 Å². The van der Waals surface area contributed by atoms with Crippen LogP contribution in [-0.2, 0) is 0 Å². The van der Waals surface area contributed by atoms with Gasteiger partial charge in [0.2, 0.25) is 0 Å². The molecule has 2 aliphatic heterocycles. The molecule has 4 rings (SSSR count). The molecule has 0 bridgehead atoms. The summed E-state index contributed by atoms with van der Waals surface area (Å²) in [6.45, 7) is 6.98. The van der Waals surface area contributed by atoms with Crippen LogP contribution in [0.2, 0.25) is 0 Å². The summed E-state index contributed by atoms with van der Waals surface area (Å²) in [6, 6.07) is 20.1. The summed E-state index contributed by atoms with van der Waals surface area (Å²) in [4.78, 5) is 5.11. The zero-order valence-corrected chi connectivity index (χ0v) is 17.0. The Morgan fingerprint density at radius 1 is 0.929 bits per heavy atom. The van der Waals surface area contributed by atoms with Gasteiger partial charge in [-0.05, 0) is 61.6 Å². The highest BCUT2D eigenvalue weighted by molar-refractivity contribution is 5.49. The molecule has 0 aromatic heterocycles. The molecule has 2 aromatic rings. The van der Waals surface area contributed by atoms with Crippen LogP contribution < -0.4 is 15.0 Å². The number of anilines is 1. The van der Waals surface area contributed by atoms with Gasteiger partial charge in [0.15, 0.2) is 0 Å². The molecule has 0 amide bonds. The minimum Gasteiger partial charge on any atom is -0.497 e. The molecule has 0 spiro atoms. The van der Waals surface area contributed by atoms with E-state index < -0.39 is 0 Å². The van der Waals surface area contributed by atoms with Gasteiger partial charge >= 0.3 is 0 Å². The second-order valence-corrected chi connectivity index (χ2v) is 8.11. The van der Waals surface area contributed by atoms with E-state index >= 15 is 0 Å². The predicted octanol–water partition coefficient (Wildman–Crippen LogP) is 3.74. The van der Waals surface area contributed by atoms with Crippen molar-refractivity contribution in [2.45, 2.75) is 31.2 Å². The number of rotatable bonds is 7. The van der Waals surface area contributed by atoms with Gasteiger partial charge in [-0.25, -0.2) is 0 Å². The molecule has 28 heavy (non-hydrogen) atoms. The van der Waals surface area contributed by atoms with Gasteiger partial charge in [0.05, 0.1) is 7.11 Å². The SMILES string of the molecule is COc1ccc(N2CCC(NCCN3CCC(c4ccccc4)C3)CC2)cc1. The normalized spacial score (nSPS) is 21.2. The molecule has 2 aromatic carbocycles. The van der Waals surface area contributed by atoms with E-state index in [1.807, 2.05) is 0 Å². The monoisotopic (exact) mass is 379 g/mol. The average molecular weight is 380 g/mol. The predicted molar refractivity (Wildman–Crippen MR) is 116 cm³/mol. The fourth-order valence-electron chi connectivity index (χ4n) is 4.59. The van der Waals surface area contributed by atoms with Gasteiger partial charge in [0.1, 0.15) is 5.75 Å². The van der Waals surface area contributed by atoms with Crippen LogP contribution in [0.15, 0.2) is 54.6 Å². The molecule has 1 unspecified atom stereocenters. The summed E-state index contributed by atoms with van der Waals surface area (Å²) in [5.74, 6) is 1.64. The minimum absolute atomic E-state index is 0.655. The Bertz CT molecular complexity index is 710. The van der Waals surface area contributed by atoms with E-state index in [4.69, 9.17) is 4.74 Å². The lowest BCUT2D eigenvalue weighted by Gasteiger charge is -2.34. The van der Waals surface area contributed by atoms with Crippen LogP contribution in [0.5, 0.6) is 5.75 Å². The van der Waals surface area contributed by atoms with Crippen molar-refractivity contribution in [3.05, 3.63) is 60.2 Å². The standard InChI is InChI=1S/C24H33N3O/c1-28-24-9-7-23(8-10-24)27-16-12-22(13-17-27)25-14-18-26-15-11-21(19-26)20-5-3-2-4-6-20/h2-10,21-22,25H,11-19H2,1H3. The Balaban J connectivity index is 1.15. The lowest BCUT2D eigenvalue weighted by Crippen LogP contribution is -2.44. The molecule has 2 heterocycles. The van der Waals surface area contributed by atoms with Crippen LogP contribution in [0.3, 0.4) is 0 Å². The second kappa shape index (κ2) is 9.44. The molecule has 0 saturated carbocycles. The highest BCUT2D eigenvalue weighted by Crippen LogP contribution is 2.26. The highest BCUT2D eigenvalue weighted by atomic mass is 16.5. The van der Waals surface area contributed by atoms with Crippen LogP contribution in [0.25, 0.3) is 0 Å². The van der Waals surface area contributed by atoms with Gasteiger partial charge in [0.25, 0.3) is 0 Å². The number of hydrogen-bond donors (Lipinski definition) is 1. The quantitative estimate of drug-likeness (QED) is 0.793. The van der Waals surface area contributed by atoms with Gasteiger partial charge in [-0.15, -0.1) is 0 Å².